The van der Waals surface area contributed by atoms with Crippen LogP contribution in [0.3, 0.4) is 0 Å². The molecule has 1 fully saturated rings. The molecule has 0 saturated heterocycles. The van der Waals surface area contributed by atoms with Gasteiger partial charge in [0.1, 0.15) is 5.01 Å². The Morgan fingerprint density at radius 3 is 2.67 bits per heavy atom. The maximum atomic E-state index is 4.46. The second-order valence-corrected chi connectivity index (χ2v) is 8.01. The van der Waals surface area contributed by atoms with Gasteiger partial charge in [-0.2, -0.15) is 0 Å². The van der Waals surface area contributed by atoms with Crippen LogP contribution in [-0.2, 0) is 13.0 Å². The number of aliphatic imine (C=N–C) groups is 1. The van der Waals surface area contributed by atoms with Crippen LogP contribution in [0.4, 0.5) is 0 Å². The lowest BCUT2D eigenvalue weighted by Crippen LogP contribution is -2.48. The molecule has 136 valence electrons. The van der Waals surface area contributed by atoms with Gasteiger partial charge in [-0.05, 0) is 39.3 Å². The average molecular weight is 352 g/mol. The van der Waals surface area contributed by atoms with E-state index in [1.807, 2.05) is 13.2 Å². The summed E-state index contributed by atoms with van der Waals surface area (Å²) >= 11 is 1.77. The van der Waals surface area contributed by atoms with E-state index in [-0.39, 0.29) is 0 Å². The third kappa shape index (κ3) is 5.74. The quantitative estimate of drug-likeness (QED) is 0.586. The monoisotopic (exact) mass is 351 g/mol. The van der Waals surface area contributed by atoms with Gasteiger partial charge in [0.2, 0.25) is 0 Å². The molecule has 0 radical (unpaired) electrons. The highest BCUT2D eigenvalue weighted by Crippen LogP contribution is 2.28. The third-order valence-corrected chi connectivity index (χ3v) is 6.06. The molecule has 2 rings (SSSR count). The highest BCUT2D eigenvalue weighted by molar-refractivity contribution is 7.11. The zero-order valence-corrected chi connectivity index (χ0v) is 16.5. The van der Waals surface area contributed by atoms with E-state index in [2.05, 4.69) is 46.5 Å². The molecule has 6 heteroatoms. The van der Waals surface area contributed by atoms with Crippen molar-refractivity contribution in [3.63, 3.8) is 0 Å². The molecule has 0 bridgehead atoms. The molecule has 0 aromatic carbocycles. The fourth-order valence-corrected chi connectivity index (χ4v) is 4.27. The summed E-state index contributed by atoms with van der Waals surface area (Å²) in [7, 11) is 6.22. The van der Waals surface area contributed by atoms with Crippen LogP contribution in [-0.4, -0.2) is 49.6 Å². The number of nitrogens with one attached hydrogen (secondary N) is 2. The number of aryl methyl sites for hydroxylation is 1. The van der Waals surface area contributed by atoms with Crippen LogP contribution < -0.4 is 10.6 Å². The van der Waals surface area contributed by atoms with Crippen molar-refractivity contribution in [2.75, 3.05) is 27.7 Å². The second kappa shape index (κ2) is 9.99. The Morgan fingerprint density at radius 2 is 2.08 bits per heavy atom. The molecular weight excluding hydrogens is 318 g/mol. The summed E-state index contributed by atoms with van der Waals surface area (Å²) < 4.78 is 0. The second-order valence-electron chi connectivity index (χ2n) is 6.81. The zero-order valence-electron chi connectivity index (χ0n) is 15.6. The van der Waals surface area contributed by atoms with Crippen molar-refractivity contribution in [1.29, 1.82) is 0 Å². The van der Waals surface area contributed by atoms with Gasteiger partial charge in [0, 0.05) is 30.7 Å². The van der Waals surface area contributed by atoms with Gasteiger partial charge >= 0.3 is 0 Å². The van der Waals surface area contributed by atoms with Crippen LogP contribution in [0.5, 0.6) is 0 Å². The standard InChI is InChI=1S/C18H33N5S/c1-5-15-11-20-17(24-15)13-22-18(19-2)21-12-16(23(3)4)14-9-7-6-8-10-14/h11,14,16H,5-10,12-13H2,1-4H3,(H2,19,21,22). The van der Waals surface area contributed by atoms with E-state index in [0.717, 1.165) is 36.4 Å². The third-order valence-electron chi connectivity index (χ3n) is 4.92. The molecule has 1 saturated carbocycles. The van der Waals surface area contributed by atoms with Gasteiger partial charge in [-0.1, -0.05) is 26.2 Å². The number of likely N-dealkylation sites (N-methyl/N-ethyl adjacent to an activating group) is 1. The maximum absolute atomic E-state index is 4.46. The Kier molecular flexibility index (Phi) is 7.99. The number of aromatic nitrogens is 1. The molecule has 1 atom stereocenters. The summed E-state index contributed by atoms with van der Waals surface area (Å²) in [6, 6.07) is 0.565. The van der Waals surface area contributed by atoms with Crippen molar-refractivity contribution in [3.8, 4) is 0 Å². The van der Waals surface area contributed by atoms with E-state index in [4.69, 9.17) is 0 Å². The minimum Gasteiger partial charge on any atom is -0.355 e. The van der Waals surface area contributed by atoms with Gasteiger partial charge < -0.3 is 15.5 Å². The van der Waals surface area contributed by atoms with E-state index in [1.165, 1.54) is 37.0 Å². The Morgan fingerprint density at radius 1 is 1.33 bits per heavy atom. The molecule has 24 heavy (non-hydrogen) atoms. The van der Waals surface area contributed by atoms with Crippen molar-refractivity contribution < 1.29 is 0 Å². The number of nitrogens with zero attached hydrogens (tertiary/aromatic N) is 3. The Hall–Kier alpha value is -1.14. The first kappa shape index (κ1) is 19.2. The van der Waals surface area contributed by atoms with Crippen LogP contribution in [0.25, 0.3) is 0 Å². The van der Waals surface area contributed by atoms with Gasteiger partial charge in [-0.15, -0.1) is 11.3 Å². The first-order valence-electron chi connectivity index (χ1n) is 9.18. The van der Waals surface area contributed by atoms with Crippen LogP contribution in [0.1, 0.15) is 48.9 Å². The molecule has 1 unspecified atom stereocenters. The zero-order chi connectivity index (χ0) is 17.4. The maximum Gasteiger partial charge on any atom is 0.191 e. The van der Waals surface area contributed by atoms with Gasteiger partial charge in [-0.3, -0.25) is 4.99 Å². The van der Waals surface area contributed by atoms with Gasteiger partial charge in [0.15, 0.2) is 5.96 Å². The van der Waals surface area contributed by atoms with E-state index >= 15 is 0 Å². The van der Waals surface area contributed by atoms with E-state index in [1.54, 1.807) is 11.3 Å². The van der Waals surface area contributed by atoms with Crippen molar-refractivity contribution in [3.05, 3.63) is 16.1 Å². The van der Waals surface area contributed by atoms with Crippen molar-refractivity contribution in [2.24, 2.45) is 10.9 Å². The van der Waals surface area contributed by atoms with Crippen LogP contribution in [0.15, 0.2) is 11.2 Å². The van der Waals surface area contributed by atoms with Crippen LogP contribution >= 0.6 is 11.3 Å². The predicted octanol–water partition coefficient (Wildman–Crippen LogP) is 2.88. The normalized spacial score (nSPS) is 18.0. The van der Waals surface area contributed by atoms with Gasteiger partial charge in [0.25, 0.3) is 0 Å². The van der Waals surface area contributed by atoms with E-state index in [9.17, 15) is 0 Å². The molecule has 2 N–H and O–H groups in total. The molecule has 1 heterocycles. The first-order chi connectivity index (χ1) is 11.6. The van der Waals surface area contributed by atoms with Crippen molar-refractivity contribution >= 4 is 17.3 Å². The first-order valence-corrected chi connectivity index (χ1v) is 10.00. The van der Waals surface area contributed by atoms with Crippen molar-refractivity contribution in [2.45, 2.75) is 58.0 Å². The number of rotatable bonds is 7. The Labute approximate surface area is 151 Å². The lowest BCUT2D eigenvalue weighted by atomic mass is 9.83. The largest absolute Gasteiger partial charge is 0.355 e. The SMILES string of the molecule is CCc1cnc(CNC(=NC)NCC(C2CCCCC2)N(C)C)s1. The lowest BCUT2D eigenvalue weighted by Gasteiger charge is -2.35. The summed E-state index contributed by atoms with van der Waals surface area (Å²) in [5.41, 5.74) is 0. The number of hydrogen-bond acceptors (Lipinski definition) is 4. The molecule has 0 amide bonds. The van der Waals surface area contributed by atoms with Gasteiger partial charge in [0.05, 0.1) is 6.54 Å². The summed E-state index contributed by atoms with van der Waals surface area (Å²) in [5.74, 6) is 1.66. The predicted molar refractivity (Wildman–Crippen MR) is 104 cm³/mol. The summed E-state index contributed by atoms with van der Waals surface area (Å²) in [6.45, 7) is 3.84. The average Bonchev–Trinajstić information content (AvgIpc) is 3.06. The molecule has 5 nitrogen and oxygen atoms in total. The topological polar surface area (TPSA) is 52.6 Å². The molecular formula is C18H33N5S. The molecule has 1 aromatic heterocycles. The minimum absolute atomic E-state index is 0.565. The summed E-state index contributed by atoms with van der Waals surface area (Å²) in [5, 5.41) is 8.02. The molecule has 1 aliphatic carbocycles. The van der Waals surface area contributed by atoms with Crippen molar-refractivity contribution in [1.82, 2.24) is 20.5 Å². The minimum atomic E-state index is 0.565. The number of thiazole rings is 1. The van der Waals surface area contributed by atoms with Crippen LogP contribution in [0, 0.1) is 5.92 Å². The highest BCUT2D eigenvalue weighted by atomic mass is 32.1. The van der Waals surface area contributed by atoms with Crippen LogP contribution in [0.2, 0.25) is 0 Å². The van der Waals surface area contributed by atoms with Gasteiger partial charge in [-0.25, -0.2) is 4.98 Å². The van der Waals surface area contributed by atoms with E-state index < -0.39 is 0 Å². The van der Waals surface area contributed by atoms with E-state index in [0.29, 0.717) is 6.04 Å². The summed E-state index contributed by atoms with van der Waals surface area (Å²) in [6.07, 6.45) is 9.91. The molecule has 0 aliphatic heterocycles. The molecule has 1 aliphatic rings. The number of hydrogen-bond donors (Lipinski definition) is 2. The summed E-state index contributed by atoms with van der Waals surface area (Å²) in [4.78, 5) is 12.5. The smallest absolute Gasteiger partial charge is 0.191 e. The fourth-order valence-electron chi connectivity index (χ4n) is 3.46. The Bertz CT molecular complexity index is 505. The molecule has 0 spiro atoms. The fraction of sp³-hybridized carbons (Fsp3) is 0.778. The highest BCUT2D eigenvalue weighted by Gasteiger charge is 2.25. The molecule has 1 aromatic rings. The Balaban J connectivity index is 1.82. The lowest BCUT2D eigenvalue weighted by molar-refractivity contribution is 0.171. The number of guanidine groups is 1.